The average Bonchev–Trinajstić information content (AvgIpc) is 3.58. The Hall–Kier alpha value is -3.37. The minimum atomic E-state index is -0.662. The van der Waals surface area contributed by atoms with Gasteiger partial charge >= 0.3 is 11.8 Å². The first-order valence-corrected chi connectivity index (χ1v) is 14.2. The van der Waals surface area contributed by atoms with Gasteiger partial charge in [0.15, 0.2) is 0 Å². The lowest BCUT2D eigenvalue weighted by Crippen LogP contribution is -2.46. The van der Waals surface area contributed by atoms with Gasteiger partial charge in [-0.15, -0.1) is 11.3 Å². The number of hydrogen-bond donors (Lipinski definition) is 2. The number of anilines is 1. The van der Waals surface area contributed by atoms with Crippen LogP contribution in [0.5, 0.6) is 0 Å². The number of aromatic nitrogens is 4. The molecule has 38 heavy (non-hydrogen) atoms. The van der Waals surface area contributed by atoms with Gasteiger partial charge in [-0.3, -0.25) is 19.7 Å². The second kappa shape index (κ2) is 10.1. The highest BCUT2D eigenvalue weighted by atomic mass is 32.1. The molecule has 2 N–H and O–H groups in total. The second-order valence-corrected chi connectivity index (χ2v) is 11.9. The van der Waals surface area contributed by atoms with Crippen LogP contribution >= 0.6 is 11.3 Å². The normalized spacial score (nSPS) is 21.3. The zero-order valence-electron chi connectivity index (χ0n) is 22.0. The van der Waals surface area contributed by atoms with E-state index >= 15 is 0 Å². The maximum absolute atomic E-state index is 13.5. The van der Waals surface area contributed by atoms with Gasteiger partial charge in [-0.1, -0.05) is 13.0 Å². The van der Waals surface area contributed by atoms with Crippen LogP contribution in [0.2, 0.25) is 0 Å². The maximum atomic E-state index is 13.5. The molecule has 5 heterocycles. The molecular weight excluding hydrogens is 498 g/mol. The lowest BCUT2D eigenvalue weighted by atomic mass is 9.89. The van der Waals surface area contributed by atoms with Crippen molar-refractivity contribution in [3.05, 3.63) is 46.9 Å². The zero-order valence-corrected chi connectivity index (χ0v) is 22.8. The Kier molecular flexibility index (Phi) is 6.61. The molecule has 10 heteroatoms. The summed E-state index contributed by atoms with van der Waals surface area (Å²) in [6.45, 7) is 6.76. The topological polar surface area (TPSA) is 107 Å². The molecule has 0 spiro atoms. The van der Waals surface area contributed by atoms with Crippen LogP contribution in [0, 0.1) is 12.8 Å². The quantitative estimate of drug-likeness (QED) is 0.374. The molecular formula is C28H33N7O2S. The van der Waals surface area contributed by atoms with Crippen LogP contribution in [-0.4, -0.2) is 68.5 Å². The zero-order chi connectivity index (χ0) is 26.4. The number of pyridine rings is 1. The average molecular weight is 532 g/mol. The minimum absolute atomic E-state index is 0.161. The van der Waals surface area contributed by atoms with E-state index in [0.717, 1.165) is 60.9 Å². The number of likely N-dealkylation sites (tertiary alicyclic amines) is 2. The Morgan fingerprint density at radius 3 is 2.76 bits per heavy atom. The van der Waals surface area contributed by atoms with E-state index in [1.165, 1.54) is 9.71 Å². The number of carbonyl (C=O) groups excluding carboxylic acids is 2. The van der Waals surface area contributed by atoms with Crippen LogP contribution in [0.1, 0.15) is 60.8 Å². The van der Waals surface area contributed by atoms with E-state index < -0.39 is 11.8 Å². The molecule has 2 aliphatic heterocycles. The number of aromatic amines is 1. The summed E-state index contributed by atoms with van der Waals surface area (Å²) in [6, 6.07) is 6.21. The van der Waals surface area contributed by atoms with Crippen LogP contribution < -0.4 is 5.32 Å². The van der Waals surface area contributed by atoms with E-state index in [0.29, 0.717) is 29.6 Å². The maximum Gasteiger partial charge on any atom is 0.314 e. The summed E-state index contributed by atoms with van der Waals surface area (Å²) in [4.78, 5) is 40.2. The molecule has 0 aliphatic carbocycles. The summed E-state index contributed by atoms with van der Waals surface area (Å²) in [5, 5.41) is 11.8. The fourth-order valence-corrected chi connectivity index (χ4v) is 6.90. The fourth-order valence-electron chi connectivity index (χ4n) is 5.79. The van der Waals surface area contributed by atoms with Gasteiger partial charge in [-0.25, -0.2) is 4.98 Å². The number of hydrogen-bond acceptors (Lipinski definition) is 7. The molecule has 2 amide bonds. The van der Waals surface area contributed by atoms with Gasteiger partial charge in [0.2, 0.25) is 0 Å². The summed E-state index contributed by atoms with van der Waals surface area (Å²) < 4.78 is 1.18. The lowest BCUT2D eigenvalue weighted by Gasteiger charge is -2.38. The summed E-state index contributed by atoms with van der Waals surface area (Å²) >= 11 is 1.79. The third kappa shape index (κ3) is 4.67. The smallest absolute Gasteiger partial charge is 0.314 e. The van der Waals surface area contributed by atoms with Crippen molar-refractivity contribution in [1.82, 2.24) is 30.0 Å². The van der Waals surface area contributed by atoms with E-state index in [-0.39, 0.29) is 6.04 Å². The summed E-state index contributed by atoms with van der Waals surface area (Å²) in [6.07, 6.45) is 7.34. The van der Waals surface area contributed by atoms with Gasteiger partial charge in [0, 0.05) is 23.5 Å². The number of benzene rings is 1. The summed E-state index contributed by atoms with van der Waals surface area (Å²) in [5.74, 6) is -0.352. The number of nitrogens with zero attached hydrogens (tertiary/aromatic N) is 5. The molecule has 2 atom stereocenters. The third-order valence-electron chi connectivity index (χ3n) is 8.09. The first-order valence-electron chi connectivity index (χ1n) is 13.4. The van der Waals surface area contributed by atoms with Gasteiger partial charge in [0.05, 0.1) is 44.9 Å². The largest absolute Gasteiger partial charge is 0.327 e. The van der Waals surface area contributed by atoms with Crippen molar-refractivity contribution in [3.63, 3.8) is 0 Å². The molecule has 0 bridgehead atoms. The van der Waals surface area contributed by atoms with Crippen molar-refractivity contribution in [2.75, 3.05) is 32.0 Å². The number of H-pyrrole nitrogens is 1. The summed E-state index contributed by atoms with van der Waals surface area (Å²) in [7, 11) is 2.18. The number of thiazole rings is 1. The molecule has 4 aromatic rings. The van der Waals surface area contributed by atoms with Crippen molar-refractivity contribution in [1.29, 1.82) is 0 Å². The molecule has 2 aliphatic rings. The second-order valence-electron chi connectivity index (χ2n) is 10.9. The molecule has 2 fully saturated rings. The first-order chi connectivity index (χ1) is 18.4. The lowest BCUT2D eigenvalue weighted by molar-refractivity contribution is -0.146. The van der Waals surface area contributed by atoms with Gasteiger partial charge in [0.1, 0.15) is 0 Å². The van der Waals surface area contributed by atoms with Crippen molar-refractivity contribution >= 4 is 50.0 Å². The van der Waals surface area contributed by atoms with Gasteiger partial charge in [0.25, 0.3) is 0 Å². The standard InChI is InChI=1S/C28H33N7O2S/c1-16-4-6-23(19-5-7-24-21(12-19)32-27(38-24)18-8-10-34(3)11-9-18)35(15-16)28(37)26(36)31-22-14-29-17(2)20-13-30-33-25(20)22/h5,7,12-14,16,18,23H,4,6,8-11,15H2,1-3H3,(H,30,33)(H,31,36)/t16-,23+/m0/s1. The molecule has 2 saturated heterocycles. The number of amides is 2. The van der Waals surface area contributed by atoms with E-state index in [2.05, 4.69) is 57.6 Å². The van der Waals surface area contributed by atoms with E-state index in [9.17, 15) is 9.59 Å². The van der Waals surface area contributed by atoms with Gasteiger partial charge in [-0.2, -0.15) is 5.10 Å². The number of aryl methyl sites for hydroxylation is 1. The highest BCUT2D eigenvalue weighted by Crippen LogP contribution is 2.38. The Labute approximate surface area is 225 Å². The van der Waals surface area contributed by atoms with Crippen LogP contribution in [-0.2, 0) is 9.59 Å². The molecule has 198 valence electrons. The number of nitrogens with one attached hydrogen (secondary N) is 2. The Balaban J connectivity index is 1.24. The minimum Gasteiger partial charge on any atom is -0.327 e. The van der Waals surface area contributed by atoms with Crippen molar-refractivity contribution < 1.29 is 9.59 Å². The SMILES string of the molecule is Cc1ncc(NC(=O)C(=O)N2C[C@@H](C)CC[C@@H]2c2ccc3sc(C4CCN(C)CC4)nc3c2)c2[nH]ncc12. The molecule has 0 unspecified atom stereocenters. The van der Waals surface area contributed by atoms with Crippen LogP contribution in [0.4, 0.5) is 5.69 Å². The molecule has 0 radical (unpaired) electrons. The van der Waals surface area contributed by atoms with Crippen LogP contribution in [0.25, 0.3) is 21.1 Å². The molecule has 6 rings (SSSR count). The molecule has 3 aromatic heterocycles. The van der Waals surface area contributed by atoms with Gasteiger partial charge < -0.3 is 15.1 Å². The summed E-state index contributed by atoms with van der Waals surface area (Å²) in [5.41, 5.74) is 3.95. The Morgan fingerprint density at radius 1 is 1.13 bits per heavy atom. The Bertz CT molecular complexity index is 1500. The number of carbonyl (C=O) groups is 2. The number of piperidine rings is 2. The third-order valence-corrected chi connectivity index (χ3v) is 9.29. The van der Waals surface area contributed by atoms with Crippen LogP contribution in [0.15, 0.2) is 30.6 Å². The van der Waals surface area contributed by atoms with Crippen LogP contribution in [0.3, 0.4) is 0 Å². The molecule has 0 saturated carbocycles. The highest BCUT2D eigenvalue weighted by Gasteiger charge is 2.35. The number of fused-ring (bicyclic) bond motifs is 2. The highest BCUT2D eigenvalue weighted by molar-refractivity contribution is 7.18. The van der Waals surface area contributed by atoms with Crippen molar-refractivity contribution in [3.8, 4) is 0 Å². The Morgan fingerprint density at radius 2 is 1.95 bits per heavy atom. The predicted octanol–water partition coefficient (Wildman–Crippen LogP) is 4.62. The van der Waals surface area contributed by atoms with E-state index in [1.807, 2.05) is 6.92 Å². The molecule has 1 aromatic carbocycles. The van der Waals surface area contributed by atoms with E-state index in [4.69, 9.17) is 4.98 Å². The van der Waals surface area contributed by atoms with E-state index in [1.54, 1.807) is 28.6 Å². The molecule has 9 nitrogen and oxygen atoms in total. The predicted molar refractivity (Wildman–Crippen MR) is 149 cm³/mol. The van der Waals surface area contributed by atoms with Crippen molar-refractivity contribution in [2.24, 2.45) is 5.92 Å². The number of rotatable bonds is 3. The van der Waals surface area contributed by atoms with Gasteiger partial charge in [-0.05, 0) is 76.4 Å². The fraction of sp³-hybridized carbons (Fsp3) is 0.464. The first kappa shape index (κ1) is 24.9. The monoisotopic (exact) mass is 531 g/mol. The van der Waals surface area contributed by atoms with Crippen molar-refractivity contribution in [2.45, 2.75) is 51.5 Å².